The van der Waals surface area contributed by atoms with Crippen LogP contribution in [0.1, 0.15) is 17.6 Å². The van der Waals surface area contributed by atoms with Gasteiger partial charge in [-0.15, -0.1) is 11.3 Å². The van der Waals surface area contributed by atoms with E-state index < -0.39 is 0 Å². The van der Waals surface area contributed by atoms with Crippen LogP contribution >= 0.6 is 11.3 Å². The van der Waals surface area contributed by atoms with Gasteiger partial charge < -0.3 is 15.7 Å². The molecule has 2 amide bonds. The van der Waals surface area contributed by atoms with Gasteiger partial charge in [0.2, 0.25) is 0 Å². The lowest BCUT2D eigenvalue weighted by molar-refractivity contribution is 0.220. The van der Waals surface area contributed by atoms with Crippen molar-refractivity contribution in [3.05, 3.63) is 16.1 Å². The minimum Gasteiger partial charge on any atom is -0.394 e. The summed E-state index contributed by atoms with van der Waals surface area (Å²) in [7, 11) is 0. The molecule has 0 aromatic carbocycles. The molecular formula is C9H15N3O2S. The van der Waals surface area contributed by atoms with Crippen LogP contribution in [-0.2, 0) is 6.54 Å². The van der Waals surface area contributed by atoms with Crippen molar-refractivity contribution in [3.63, 3.8) is 0 Å². The highest BCUT2D eigenvalue weighted by Crippen LogP contribution is 2.06. The first kappa shape index (κ1) is 11.9. The van der Waals surface area contributed by atoms with E-state index in [1.165, 1.54) is 0 Å². The highest BCUT2D eigenvalue weighted by Gasteiger charge is 2.05. The van der Waals surface area contributed by atoms with Crippen LogP contribution in [-0.4, -0.2) is 28.8 Å². The number of aryl methyl sites for hydroxylation is 1. The van der Waals surface area contributed by atoms with Gasteiger partial charge in [-0.1, -0.05) is 0 Å². The van der Waals surface area contributed by atoms with E-state index in [4.69, 9.17) is 5.11 Å². The van der Waals surface area contributed by atoms with Gasteiger partial charge in [-0.2, -0.15) is 0 Å². The summed E-state index contributed by atoms with van der Waals surface area (Å²) in [5.74, 6) is 0. The molecule has 0 aliphatic carbocycles. The van der Waals surface area contributed by atoms with Crippen molar-refractivity contribution < 1.29 is 9.90 Å². The van der Waals surface area contributed by atoms with Gasteiger partial charge in [0, 0.05) is 5.38 Å². The summed E-state index contributed by atoms with van der Waals surface area (Å²) in [6, 6.07) is -0.524. The van der Waals surface area contributed by atoms with E-state index in [0.29, 0.717) is 6.54 Å². The van der Waals surface area contributed by atoms with Crippen molar-refractivity contribution in [2.75, 3.05) is 6.61 Å². The summed E-state index contributed by atoms with van der Waals surface area (Å²) in [5, 5.41) is 16.9. The largest absolute Gasteiger partial charge is 0.394 e. The van der Waals surface area contributed by atoms with Gasteiger partial charge in [0.15, 0.2) is 0 Å². The molecule has 6 heteroatoms. The maximum Gasteiger partial charge on any atom is 0.315 e. The molecule has 1 heterocycles. The first-order valence-electron chi connectivity index (χ1n) is 4.68. The van der Waals surface area contributed by atoms with Crippen LogP contribution in [0.15, 0.2) is 5.38 Å². The van der Waals surface area contributed by atoms with E-state index in [0.717, 1.165) is 10.7 Å². The average molecular weight is 229 g/mol. The van der Waals surface area contributed by atoms with Gasteiger partial charge in [0.1, 0.15) is 0 Å². The number of carbonyl (C=O) groups excluding carboxylic acids is 1. The van der Waals surface area contributed by atoms with Crippen molar-refractivity contribution in [3.8, 4) is 0 Å². The van der Waals surface area contributed by atoms with Crippen molar-refractivity contribution >= 4 is 17.4 Å². The molecule has 3 N–H and O–H groups in total. The Morgan fingerprint density at radius 2 is 2.47 bits per heavy atom. The molecule has 1 aromatic heterocycles. The molecule has 15 heavy (non-hydrogen) atoms. The maximum absolute atomic E-state index is 11.2. The van der Waals surface area contributed by atoms with Crippen LogP contribution in [0.2, 0.25) is 0 Å². The van der Waals surface area contributed by atoms with Crippen molar-refractivity contribution in [1.29, 1.82) is 0 Å². The Balaban J connectivity index is 2.28. The quantitative estimate of drug-likeness (QED) is 0.709. The lowest BCUT2D eigenvalue weighted by Gasteiger charge is -2.10. The number of thiazole rings is 1. The van der Waals surface area contributed by atoms with Gasteiger partial charge in [0.25, 0.3) is 0 Å². The zero-order chi connectivity index (χ0) is 11.3. The summed E-state index contributed by atoms with van der Waals surface area (Å²) in [4.78, 5) is 15.4. The number of hydrogen-bond donors (Lipinski definition) is 3. The normalized spacial score (nSPS) is 12.2. The number of nitrogens with zero attached hydrogens (tertiary/aromatic N) is 1. The SMILES string of the molecule is Cc1nc(CNC(=O)N[C@H](C)CO)cs1. The summed E-state index contributed by atoms with van der Waals surface area (Å²) < 4.78 is 0. The number of nitrogens with one attached hydrogen (secondary N) is 2. The number of aliphatic hydroxyl groups excluding tert-OH is 1. The summed E-state index contributed by atoms with van der Waals surface area (Å²) >= 11 is 1.55. The average Bonchev–Trinajstić information content (AvgIpc) is 2.61. The molecule has 0 aliphatic rings. The summed E-state index contributed by atoms with van der Waals surface area (Å²) in [6.07, 6.45) is 0. The Bertz CT molecular complexity index is 327. The fraction of sp³-hybridized carbons (Fsp3) is 0.556. The van der Waals surface area contributed by atoms with Crippen LogP contribution in [0.4, 0.5) is 4.79 Å². The molecule has 0 fully saturated rings. The third kappa shape index (κ3) is 4.26. The molecule has 0 unspecified atom stereocenters. The van der Waals surface area contributed by atoms with Crippen LogP contribution < -0.4 is 10.6 Å². The fourth-order valence-corrected chi connectivity index (χ4v) is 1.59. The zero-order valence-electron chi connectivity index (χ0n) is 8.78. The molecule has 84 valence electrons. The number of carbonyl (C=O) groups is 1. The van der Waals surface area contributed by atoms with Crippen molar-refractivity contribution in [2.24, 2.45) is 0 Å². The van der Waals surface area contributed by atoms with Gasteiger partial charge in [-0.3, -0.25) is 0 Å². The van der Waals surface area contributed by atoms with E-state index in [9.17, 15) is 4.79 Å². The summed E-state index contributed by atoms with van der Waals surface area (Å²) in [6.45, 7) is 3.99. The second-order valence-corrected chi connectivity index (χ2v) is 4.33. The molecule has 0 saturated carbocycles. The van der Waals surface area contributed by atoms with Gasteiger partial charge in [0.05, 0.1) is 29.9 Å². The maximum atomic E-state index is 11.2. The van der Waals surface area contributed by atoms with E-state index in [1.807, 2.05) is 12.3 Å². The Hall–Kier alpha value is -1.14. The Morgan fingerprint density at radius 3 is 3.00 bits per heavy atom. The smallest absolute Gasteiger partial charge is 0.315 e. The Morgan fingerprint density at radius 1 is 1.73 bits per heavy atom. The molecule has 1 aromatic rings. The molecule has 0 radical (unpaired) electrons. The van der Waals surface area contributed by atoms with Crippen LogP contribution in [0.5, 0.6) is 0 Å². The number of amides is 2. The third-order valence-electron chi connectivity index (χ3n) is 1.75. The van der Waals surface area contributed by atoms with E-state index in [2.05, 4.69) is 15.6 Å². The highest BCUT2D eigenvalue weighted by atomic mass is 32.1. The zero-order valence-corrected chi connectivity index (χ0v) is 9.60. The second kappa shape index (κ2) is 5.67. The van der Waals surface area contributed by atoms with E-state index in [-0.39, 0.29) is 18.7 Å². The molecule has 1 rings (SSSR count). The minimum absolute atomic E-state index is 0.0662. The van der Waals surface area contributed by atoms with Crippen molar-refractivity contribution in [2.45, 2.75) is 26.4 Å². The molecule has 0 bridgehead atoms. The van der Waals surface area contributed by atoms with Gasteiger partial charge >= 0.3 is 6.03 Å². The van der Waals surface area contributed by atoms with Gasteiger partial charge in [-0.25, -0.2) is 9.78 Å². The van der Waals surface area contributed by atoms with Crippen LogP contribution in [0.25, 0.3) is 0 Å². The minimum atomic E-state index is -0.290. The number of aromatic nitrogens is 1. The summed E-state index contributed by atoms with van der Waals surface area (Å²) in [5.41, 5.74) is 0.851. The first-order chi connectivity index (χ1) is 7.11. The standard InChI is InChI=1S/C9H15N3O2S/c1-6(4-13)11-9(14)10-3-8-5-15-7(2)12-8/h5-6,13H,3-4H2,1-2H3,(H2,10,11,14)/t6-/m1/s1. The van der Waals surface area contributed by atoms with Crippen molar-refractivity contribution in [1.82, 2.24) is 15.6 Å². The number of hydrogen-bond acceptors (Lipinski definition) is 4. The predicted molar refractivity (Wildman–Crippen MR) is 58.8 cm³/mol. The van der Waals surface area contributed by atoms with E-state index in [1.54, 1.807) is 18.3 Å². The number of aliphatic hydroxyl groups is 1. The van der Waals surface area contributed by atoms with Gasteiger partial charge in [-0.05, 0) is 13.8 Å². The fourth-order valence-electron chi connectivity index (χ4n) is 0.981. The topological polar surface area (TPSA) is 74.2 Å². The van der Waals surface area contributed by atoms with E-state index >= 15 is 0 Å². The third-order valence-corrected chi connectivity index (χ3v) is 2.57. The molecule has 1 atom stereocenters. The van der Waals surface area contributed by atoms with Crippen LogP contribution in [0, 0.1) is 6.92 Å². The number of rotatable bonds is 4. The Kier molecular flexibility index (Phi) is 4.51. The molecule has 0 spiro atoms. The molecule has 0 aliphatic heterocycles. The lowest BCUT2D eigenvalue weighted by Crippen LogP contribution is -2.41. The molecular weight excluding hydrogens is 214 g/mol. The Labute approximate surface area is 92.5 Å². The monoisotopic (exact) mass is 229 g/mol. The second-order valence-electron chi connectivity index (χ2n) is 3.27. The predicted octanol–water partition coefficient (Wildman–Crippen LogP) is 0.632. The lowest BCUT2D eigenvalue weighted by atomic mass is 10.4. The molecule has 5 nitrogen and oxygen atoms in total. The first-order valence-corrected chi connectivity index (χ1v) is 5.56. The highest BCUT2D eigenvalue weighted by molar-refractivity contribution is 7.09. The molecule has 0 saturated heterocycles. The number of urea groups is 1. The van der Waals surface area contributed by atoms with Crippen LogP contribution in [0.3, 0.4) is 0 Å².